The molecule has 6 rings (SSSR count). The van der Waals surface area contributed by atoms with Crippen molar-refractivity contribution in [3.05, 3.63) is 112 Å². The second-order valence-corrected chi connectivity index (χ2v) is 7.94. The summed E-state index contributed by atoms with van der Waals surface area (Å²) in [5.41, 5.74) is 2.82. The number of hydrogen-bond donors (Lipinski definition) is 0. The SMILES string of the molecule is Cc1nc2c(cnn2-c2ccccc2)c(=O)n1-c1ccc(N2C(=O)c3ccccc3C2=O)cc1. The molecule has 0 radical (unpaired) electrons. The number of rotatable bonds is 3. The molecule has 164 valence electrons. The van der Waals surface area contributed by atoms with E-state index in [-0.39, 0.29) is 17.4 Å². The first kappa shape index (κ1) is 19.8. The lowest BCUT2D eigenvalue weighted by atomic mass is 10.1. The predicted molar refractivity (Wildman–Crippen MR) is 127 cm³/mol. The Morgan fingerprint density at radius 1 is 0.676 bits per heavy atom. The van der Waals surface area contributed by atoms with Crippen LogP contribution in [0.25, 0.3) is 22.4 Å². The Kier molecular flexibility index (Phi) is 4.28. The first-order chi connectivity index (χ1) is 16.5. The quantitative estimate of drug-likeness (QED) is 0.394. The van der Waals surface area contributed by atoms with E-state index in [1.165, 1.54) is 10.8 Å². The maximum atomic E-state index is 13.3. The van der Waals surface area contributed by atoms with Gasteiger partial charge in [-0.15, -0.1) is 0 Å². The van der Waals surface area contributed by atoms with Crippen LogP contribution >= 0.6 is 0 Å². The summed E-state index contributed by atoms with van der Waals surface area (Å²) in [5, 5.41) is 4.75. The number of nitrogens with zero attached hydrogens (tertiary/aromatic N) is 5. The van der Waals surface area contributed by atoms with Crippen LogP contribution in [-0.2, 0) is 0 Å². The molecule has 1 aliphatic rings. The predicted octanol–water partition coefficient (Wildman–Crippen LogP) is 3.68. The van der Waals surface area contributed by atoms with E-state index in [9.17, 15) is 14.4 Å². The summed E-state index contributed by atoms with van der Waals surface area (Å²) in [7, 11) is 0. The Morgan fingerprint density at radius 3 is 1.91 bits per heavy atom. The number of para-hydroxylation sites is 1. The lowest BCUT2D eigenvalue weighted by Gasteiger charge is -2.15. The average molecular weight is 447 g/mol. The zero-order valence-corrected chi connectivity index (χ0v) is 18.0. The molecule has 0 saturated carbocycles. The van der Waals surface area contributed by atoms with E-state index in [4.69, 9.17) is 0 Å². The first-order valence-corrected chi connectivity index (χ1v) is 10.7. The molecule has 0 unspecified atom stereocenters. The number of aryl methyl sites for hydroxylation is 1. The third-order valence-corrected chi connectivity index (χ3v) is 5.93. The number of imide groups is 1. The highest BCUT2D eigenvalue weighted by Gasteiger charge is 2.36. The molecule has 0 aliphatic carbocycles. The van der Waals surface area contributed by atoms with E-state index >= 15 is 0 Å². The molecule has 5 aromatic rings. The number of carbonyl (C=O) groups excluding carboxylic acids is 2. The smallest absolute Gasteiger partial charge is 0.268 e. The molecule has 0 fully saturated rings. The molecule has 1 aliphatic heterocycles. The molecular formula is C26H17N5O3. The van der Waals surface area contributed by atoms with Gasteiger partial charge in [-0.1, -0.05) is 30.3 Å². The second kappa shape index (κ2) is 7.35. The van der Waals surface area contributed by atoms with Gasteiger partial charge in [-0.05, 0) is 55.5 Å². The highest BCUT2D eigenvalue weighted by Crippen LogP contribution is 2.29. The summed E-state index contributed by atoms with van der Waals surface area (Å²) >= 11 is 0. The standard InChI is InChI=1S/C26H17N5O3/c1-16-28-23-22(15-27-31(23)19-7-3-2-4-8-19)26(34)29(16)17-11-13-18(14-12-17)30-24(32)20-9-5-6-10-21(20)25(30)33/h2-15H,1H3. The molecule has 8 nitrogen and oxygen atoms in total. The molecule has 0 saturated heterocycles. The van der Waals surface area contributed by atoms with Gasteiger partial charge >= 0.3 is 0 Å². The van der Waals surface area contributed by atoms with E-state index in [0.29, 0.717) is 39.4 Å². The van der Waals surface area contributed by atoms with Gasteiger partial charge in [-0.2, -0.15) is 5.10 Å². The van der Waals surface area contributed by atoms with Crippen molar-refractivity contribution in [2.45, 2.75) is 6.92 Å². The molecule has 2 amide bonds. The van der Waals surface area contributed by atoms with Gasteiger partial charge in [0, 0.05) is 0 Å². The van der Waals surface area contributed by atoms with Crippen LogP contribution in [0.3, 0.4) is 0 Å². The summed E-state index contributed by atoms with van der Waals surface area (Å²) in [6.45, 7) is 1.75. The van der Waals surface area contributed by atoms with Crippen molar-refractivity contribution >= 4 is 28.5 Å². The van der Waals surface area contributed by atoms with E-state index < -0.39 is 0 Å². The van der Waals surface area contributed by atoms with E-state index in [0.717, 1.165) is 10.6 Å². The Balaban J connectivity index is 1.40. The zero-order chi connectivity index (χ0) is 23.4. The van der Waals surface area contributed by atoms with Crippen LogP contribution in [0.2, 0.25) is 0 Å². The van der Waals surface area contributed by atoms with Crippen molar-refractivity contribution in [3.8, 4) is 11.4 Å². The normalized spacial score (nSPS) is 13.0. The van der Waals surface area contributed by atoms with Crippen molar-refractivity contribution in [2.75, 3.05) is 4.90 Å². The lowest BCUT2D eigenvalue weighted by Crippen LogP contribution is -2.29. The van der Waals surface area contributed by atoms with Crippen molar-refractivity contribution in [3.63, 3.8) is 0 Å². The van der Waals surface area contributed by atoms with Gasteiger partial charge in [0.25, 0.3) is 17.4 Å². The Morgan fingerprint density at radius 2 is 1.26 bits per heavy atom. The van der Waals surface area contributed by atoms with Crippen molar-refractivity contribution in [2.24, 2.45) is 0 Å². The van der Waals surface area contributed by atoms with Crippen molar-refractivity contribution in [1.82, 2.24) is 19.3 Å². The minimum absolute atomic E-state index is 0.252. The van der Waals surface area contributed by atoms with Crippen LogP contribution in [0.4, 0.5) is 5.69 Å². The van der Waals surface area contributed by atoms with Crippen molar-refractivity contribution < 1.29 is 9.59 Å². The lowest BCUT2D eigenvalue weighted by molar-refractivity contribution is 0.0926. The van der Waals surface area contributed by atoms with Crippen LogP contribution in [0.15, 0.2) is 89.9 Å². The number of carbonyl (C=O) groups is 2. The summed E-state index contributed by atoms with van der Waals surface area (Å²) in [6, 6.07) is 22.9. The van der Waals surface area contributed by atoms with Gasteiger partial charge in [0.2, 0.25) is 0 Å². The molecule has 0 spiro atoms. The monoisotopic (exact) mass is 447 g/mol. The number of anilines is 1. The van der Waals surface area contributed by atoms with Gasteiger partial charge in [0.15, 0.2) is 5.65 Å². The molecule has 0 N–H and O–H groups in total. The molecule has 3 heterocycles. The van der Waals surface area contributed by atoms with Crippen LogP contribution in [0.5, 0.6) is 0 Å². The number of hydrogen-bond acceptors (Lipinski definition) is 5. The Labute approximate surface area is 193 Å². The molecule has 0 atom stereocenters. The highest BCUT2D eigenvalue weighted by atomic mass is 16.2. The van der Waals surface area contributed by atoms with Gasteiger partial charge in [-0.3, -0.25) is 19.0 Å². The summed E-state index contributed by atoms with van der Waals surface area (Å²) in [5.74, 6) is -0.236. The Bertz CT molecular complexity index is 1630. The van der Waals surface area contributed by atoms with Gasteiger partial charge < -0.3 is 0 Å². The average Bonchev–Trinajstić information content (AvgIpc) is 3.39. The fourth-order valence-corrected chi connectivity index (χ4v) is 4.31. The summed E-state index contributed by atoms with van der Waals surface area (Å²) < 4.78 is 3.13. The molecular weight excluding hydrogens is 430 g/mol. The maximum absolute atomic E-state index is 13.3. The second-order valence-electron chi connectivity index (χ2n) is 7.94. The number of aromatic nitrogens is 4. The number of fused-ring (bicyclic) bond motifs is 2. The van der Waals surface area contributed by atoms with Gasteiger partial charge in [-0.25, -0.2) is 14.6 Å². The summed E-state index contributed by atoms with van der Waals surface area (Å²) in [4.78, 5) is 44.7. The van der Waals surface area contributed by atoms with Gasteiger partial charge in [0.05, 0.1) is 34.4 Å². The number of benzene rings is 3. The van der Waals surface area contributed by atoms with E-state index in [1.807, 2.05) is 30.3 Å². The third-order valence-electron chi connectivity index (χ3n) is 5.93. The first-order valence-electron chi connectivity index (χ1n) is 10.7. The molecule has 34 heavy (non-hydrogen) atoms. The summed E-state index contributed by atoms with van der Waals surface area (Å²) in [6.07, 6.45) is 1.51. The van der Waals surface area contributed by atoms with Crippen LogP contribution in [0.1, 0.15) is 26.5 Å². The number of amides is 2. The highest BCUT2D eigenvalue weighted by molar-refractivity contribution is 6.34. The van der Waals surface area contributed by atoms with Crippen LogP contribution in [-0.4, -0.2) is 31.1 Å². The fraction of sp³-hybridized carbons (Fsp3) is 0.0385. The minimum Gasteiger partial charge on any atom is -0.268 e. The van der Waals surface area contributed by atoms with E-state index in [1.54, 1.807) is 60.1 Å². The van der Waals surface area contributed by atoms with Crippen LogP contribution in [0, 0.1) is 6.92 Å². The molecule has 0 bridgehead atoms. The zero-order valence-electron chi connectivity index (χ0n) is 18.0. The molecule has 2 aromatic heterocycles. The van der Waals surface area contributed by atoms with Crippen molar-refractivity contribution in [1.29, 1.82) is 0 Å². The minimum atomic E-state index is -0.363. The Hall–Kier alpha value is -4.85. The third kappa shape index (κ3) is 2.82. The maximum Gasteiger partial charge on any atom is 0.269 e. The topological polar surface area (TPSA) is 90.1 Å². The molecule has 3 aromatic carbocycles. The fourth-order valence-electron chi connectivity index (χ4n) is 4.31. The van der Waals surface area contributed by atoms with Crippen LogP contribution < -0.4 is 10.5 Å². The molecule has 8 heteroatoms. The van der Waals surface area contributed by atoms with E-state index in [2.05, 4.69) is 10.1 Å². The largest absolute Gasteiger partial charge is 0.269 e. The van der Waals surface area contributed by atoms with Gasteiger partial charge in [0.1, 0.15) is 11.2 Å².